The predicted molar refractivity (Wildman–Crippen MR) is 72.4 cm³/mol. The zero-order chi connectivity index (χ0) is 12.8. The van der Waals surface area contributed by atoms with Crippen LogP contribution < -0.4 is 10.6 Å². The monoisotopic (exact) mass is 247 g/mol. The van der Waals surface area contributed by atoms with Crippen LogP contribution in [0.3, 0.4) is 0 Å². The van der Waals surface area contributed by atoms with Gasteiger partial charge in [0.1, 0.15) is 0 Å². The summed E-state index contributed by atoms with van der Waals surface area (Å²) in [4.78, 5) is 4.12. The molecule has 0 aliphatic heterocycles. The van der Waals surface area contributed by atoms with Gasteiger partial charge in [-0.1, -0.05) is 13.8 Å². The first kappa shape index (κ1) is 13.0. The molecule has 2 aromatic rings. The summed E-state index contributed by atoms with van der Waals surface area (Å²) < 4.78 is 1.85. The second-order valence-electron chi connectivity index (χ2n) is 4.85. The van der Waals surface area contributed by atoms with Gasteiger partial charge in [0.25, 0.3) is 0 Å². The third kappa shape index (κ3) is 3.51. The lowest BCUT2D eigenvalue weighted by atomic mass is 10.2. The molecule has 0 unspecified atom stereocenters. The minimum atomic E-state index is 0.704. The van der Waals surface area contributed by atoms with E-state index < -0.39 is 0 Å². The molecule has 0 amide bonds. The molecule has 2 heterocycles. The van der Waals surface area contributed by atoms with Crippen LogP contribution in [0.2, 0.25) is 0 Å². The fourth-order valence-electron chi connectivity index (χ4n) is 1.81. The van der Waals surface area contributed by atoms with Crippen LogP contribution in [0.5, 0.6) is 0 Å². The second-order valence-corrected chi connectivity index (χ2v) is 4.85. The molecule has 2 N–H and O–H groups in total. The smallest absolute Gasteiger partial charge is 0.0889 e. The Hall–Kier alpha value is -1.46. The molecule has 0 aromatic carbocycles. The standard InChI is InChI=1S/C13H21N5/c1-11(2)7-14-3-4-15-8-12-9-17-18-6-5-16-10-13(12)18/h5-6,9-11,14-15H,3-4,7-8H2,1-2H3. The Balaban J connectivity index is 1.74. The number of fused-ring (bicyclic) bond motifs is 1. The Labute approximate surface area is 108 Å². The van der Waals surface area contributed by atoms with Crippen molar-refractivity contribution in [2.75, 3.05) is 19.6 Å². The van der Waals surface area contributed by atoms with E-state index in [0.717, 1.165) is 31.7 Å². The summed E-state index contributed by atoms with van der Waals surface area (Å²) in [5, 5.41) is 11.1. The van der Waals surface area contributed by atoms with Crippen LogP contribution in [0.1, 0.15) is 19.4 Å². The minimum absolute atomic E-state index is 0.704. The van der Waals surface area contributed by atoms with Crippen molar-refractivity contribution in [2.45, 2.75) is 20.4 Å². The van der Waals surface area contributed by atoms with Crippen molar-refractivity contribution in [3.8, 4) is 0 Å². The fourth-order valence-corrected chi connectivity index (χ4v) is 1.81. The SMILES string of the molecule is CC(C)CNCCNCc1cnn2ccncc12. The second kappa shape index (κ2) is 6.47. The Bertz CT molecular complexity index is 477. The molecule has 2 rings (SSSR count). The lowest BCUT2D eigenvalue weighted by molar-refractivity contribution is 0.535. The van der Waals surface area contributed by atoms with E-state index in [-0.39, 0.29) is 0 Å². The number of hydrogen-bond donors (Lipinski definition) is 2. The summed E-state index contributed by atoms with van der Waals surface area (Å²) >= 11 is 0. The van der Waals surface area contributed by atoms with Gasteiger partial charge in [0.05, 0.1) is 17.9 Å². The lowest BCUT2D eigenvalue weighted by Crippen LogP contribution is -2.29. The highest BCUT2D eigenvalue weighted by Gasteiger charge is 2.02. The van der Waals surface area contributed by atoms with Crippen molar-refractivity contribution in [1.29, 1.82) is 0 Å². The van der Waals surface area contributed by atoms with E-state index in [0.29, 0.717) is 5.92 Å². The van der Waals surface area contributed by atoms with Crippen LogP contribution in [0, 0.1) is 5.92 Å². The third-order valence-corrected chi connectivity index (χ3v) is 2.75. The highest BCUT2D eigenvalue weighted by atomic mass is 15.2. The zero-order valence-corrected chi connectivity index (χ0v) is 11.1. The van der Waals surface area contributed by atoms with Gasteiger partial charge in [0.2, 0.25) is 0 Å². The first-order valence-corrected chi connectivity index (χ1v) is 6.45. The maximum Gasteiger partial charge on any atom is 0.0889 e. The largest absolute Gasteiger partial charge is 0.315 e. The van der Waals surface area contributed by atoms with Gasteiger partial charge < -0.3 is 10.6 Å². The van der Waals surface area contributed by atoms with E-state index in [1.165, 1.54) is 5.56 Å². The molecular weight excluding hydrogens is 226 g/mol. The number of hydrogen-bond acceptors (Lipinski definition) is 4. The first-order valence-electron chi connectivity index (χ1n) is 6.45. The van der Waals surface area contributed by atoms with Gasteiger partial charge in [0, 0.05) is 37.6 Å². The Morgan fingerprint density at radius 2 is 2.06 bits per heavy atom. The van der Waals surface area contributed by atoms with Crippen LogP contribution in [-0.2, 0) is 6.54 Å². The maximum absolute atomic E-state index is 4.28. The van der Waals surface area contributed by atoms with Crippen LogP contribution in [0.15, 0.2) is 24.8 Å². The van der Waals surface area contributed by atoms with E-state index in [4.69, 9.17) is 0 Å². The van der Waals surface area contributed by atoms with Crippen molar-refractivity contribution < 1.29 is 0 Å². The summed E-state index contributed by atoms with van der Waals surface area (Å²) in [6, 6.07) is 0. The van der Waals surface area contributed by atoms with Crippen molar-refractivity contribution >= 4 is 5.52 Å². The summed E-state index contributed by atoms with van der Waals surface area (Å²) in [6.07, 6.45) is 7.35. The lowest BCUT2D eigenvalue weighted by Gasteiger charge is -2.07. The molecule has 0 aliphatic carbocycles. The van der Waals surface area contributed by atoms with Gasteiger partial charge in [-0.15, -0.1) is 0 Å². The van der Waals surface area contributed by atoms with Crippen LogP contribution in [-0.4, -0.2) is 34.2 Å². The molecule has 0 fully saturated rings. The van der Waals surface area contributed by atoms with Gasteiger partial charge in [-0.3, -0.25) is 4.98 Å². The topological polar surface area (TPSA) is 54.2 Å². The summed E-state index contributed by atoms with van der Waals surface area (Å²) in [5.74, 6) is 0.704. The summed E-state index contributed by atoms with van der Waals surface area (Å²) in [5.41, 5.74) is 2.26. The molecule has 18 heavy (non-hydrogen) atoms. The normalized spacial score (nSPS) is 11.5. The summed E-state index contributed by atoms with van der Waals surface area (Å²) in [6.45, 7) is 8.29. The average Bonchev–Trinajstić information content (AvgIpc) is 2.77. The minimum Gasteiger partial charge on any atom is -0.315 e. The van der Waals surface area contributed by atoms with Gasteiger partial charge in [-0.05, 0) is 12.5 Å². The van der Waals surface area contributed by atoms with Gasteiger partial charge in [-0.25, -0.2) is 4.52 Å². The Morgan fingerprint density at radius 1 is 1.22 bits per heavy atom. The first-order chi connectivity index (χ1) is 8.77. The molecule has 98 valence electrons. The van der Waals surface area contributed by atoms with Crippen molar-refractivity contribution in [3.63, 3.8) is 0 Å². The molecule has 5 heteroatoms. The van der Waals surface area contributed by atoms with E-state index in [9.17, 15) is 0 Å². The number of aromatic nitrogens is 3. The average molecular weight is 247 g/mol. The van der Waals surface area contributed by atoms with Gasteiger partial charge >= 0.3 is 0 Å². The van der Waals surface area contributed by atoms with Gasteiger partial charge in [-0.2, -0.15) is 5.10 Å². The van der Waals surface area contributed by atoms with Crippen molar-refractivity contribution in [2.24, 2.45) is 5.92 Å². The Kier molecular flexibility index (Phi) is 4.66. The van der Waals surface area contributed by atoms with E-state index >= 15 is 0 Å². The molecule has 0 spiro atoms. The van der Waals surface area contributed by atoms with Gasteiger partial charge in [0.15, 0.2) is 0 Å². The third-order valence-electron chi connectivity index (χ3n) is 2.75. The van der Waals surface area contributed by atoms with Crippen LogP contribution in [0.4, 0.5) is 0 Å². The quantitative estimate of drug-likeness (QED) is 0.719. The Morgan fingerprint density at radius 3 is 2.89 bits per heavy atom. The van der Waals surface area contributed by atoms with Crippen LogP contribution >= 0.6 is 0 Å². The van der Waals surface area contributed by atoms with Crippen molar-refractivity contribution in [1.82, 2.24) is 25.2 Å². The fraction of sp³-hybridized carbons (Fsp3) is 0.538. The summed E-state index contributed by atoms with van der Waals surface area (Å²) in [7, 11) is 0. The molecule has 0 atom stereocenters. The number of nitrogens with zero attached hydrogens (tertiary/aromatic N) is 3. The molecule has 0 saturated carbocycles. The molecule has 0 aliphatic rings. The zero-order valence-electron chi connectivity index (χ0n) is 11.1. The molecular formula is C13H21N5. The van der Waals surface area contributed by atoms with E-state index in [2.05, 4.69) is 34.6 Å². The molecule has 5 nitrogen and oxygen atoms in total. The molecule has 2 aromatic heterocycles. The molecule has 0 saturated heterocycles. The number of nitrogens with one attached hydrogen (secondary N) is 2. The van der Waals surface area contributed by atoms with Crippen LogP contribution in [0.25, 0.3) is 5.52 Å². The maximum atomic E-state index is 4.28. The molecule has 0 radical (unpaired) electrons. The van der Waals surface area contributed by atoms with E-state index in [1.54, 1.807) is 6.20 Å². The van der Waals surface area contributed by atoms with Crippen molar-refractivity contribution in [3.05, 3.63) is 30.4 Å². The number of rotatable bonds is 7. The highest BCUT2D eigenvalue weighted by molar-refractivity contribution is 5.51. The highest BCUT2D eigenvalue weighted by Crippen LogP contribution is 2.07. The predicted octanol–water partition coefficient (Wildman–Crippen LogP) is 1.06. The molecule has 0 bridgehead atoms. The van der Waals surface area contributed by atoms with E-state index in [1.807, 2.05) is 23.1 Å².